The van der Waals surface area contributed by atoms with Gasteiger partial charge in [-0.15, -0.1) is 0 Å². The Hall–Kier alpha value is -3.41. The first-order valence-corrected chi connectivity index (χ1v) is 9.84. The molecule has 0 radical (unpaired) electrons. The predicted octanol–water partition coefficient (Wildman–Crippen LogP) is 3.12. The molecule has 2 aromatic heterocycles. The van der Waals surface area contributed by atoms with E-state index in [0.29, 0.717) is 17.6 Å². The molecule has 4 rings (SSSR count). The summed E-state index contributed by atoms with van der Waals surface area (Å²) in [5.41, 5.74) is 2.99. The van der Waals surface area contributed by atoms with E-state index in [9.17, 15) is 9.59 Å². The monoisotopic (exact) mass is 388 g/mol. The average Bonchev–Trinajstić information content (AvgIpc) is 3.02. The number of carbonyl (C=O) groups excluding carboxylic acids is 1. The number of hydrogen-bond acceptors (Lipinski definition) is 3. The number of aryl methyl sites for hydroxylation is 2. The van der Waals surface area contributed by atoms with Crippen molar-refractivity contribution in [3.63, 3.8) is 0 Å². The number of fused-ring (bicyclic) bond motifs is 3. The van der Waals surface area contributed by atoms with Crippen molar-refractivity contribution in [1.29, 1.82) is 0 Å². The highest BCUT2D eigenvalue weighted by Gasteiger charge is 2.18. The molecule has 29 heavy (non-hydrogen) atoms. The number of carbonyl (C=O) groups is 1. The van der Waals surface area contributed by atoms with Crippen molar-refractivity contribution in [2.24, 2.45) is 0 Å². The smallest absolute Gasteiger partial charge is 0.277 e. The zero-order valence-electron chi connectivity index (χ0n) is 16.6. The molecule has 0 unspecified atom stereocenters. The SMILES string of the molecule is CC(C)NC(=O)Cn1c2ccccc2c2ncn(CCc3ccccc3)c(=O)c21. The topological polar surface area (TPSA) is 68.9 Å². The van der Waals surface area contributed by atoms with Crippen LogP contribution in [0.25, 0.3) is 21.9 Å². The molecule has 0 saturated carbocycles. The highest BCUT2D eigenvalue weighted by Crippen LogP contribution is 2.25. The zero-order chi connectivity index (χ0) is 20.4. The fraction of sp³-hybridized carbons (Fsp3) is 0.261. The summed E-state index contributed by atoms with van der Waals surface area (Å²) >= 11 is 0. The van der Waals surface area contributed by atoms with E-state index >= 15 is 0 Å². The highest BCUT2D eigenvalue weighted by molar-refractivity contribution is 6.06. The Morgan fingerprint density at radius 1 is 1.07 bits per heavy atom. The van der Waals surface area contributed by atoms with Crippen molar-refractivity contribution in [3.05, 3.63) is 76.8 Å². The van der Waals surface area contributed by atoms with E-state index in [2.05, 4.69) is 10.3 Å². The summed E-state index contributed by atoms with van der Waals surface area (Å²) < 4.78 is 3.42. The highest BCUT2D eigenvalue weighted by atomic mass is 16.2. The molecule has 0 atom stereocenters. The van der Waals surface area contributed by atoms with Gasteiger partial charge in [-0.1, -0.05) is 48.5 Å². The van der Waals surface area contributed by atoms with Crippen molar-refractivity contribution >= 4 is 27.8 Å². The molecular formula is C23H24N4O2. The van der Waals surface area contributed by atoms with Crippen LogP contribution in [-0.2, 0) is 24.3 Å². The van der Waals surface area contributed by atoms with E-state index < -0.39 is 0 Å². The average molecular weight is 388 g/mol. The van der Waals surface area contributed by atoms with Crippen LogP contribution in [0.3, 0.4) is 0 Å². The standard InChI is InChI=1S/C23H24N4O2/c1-16(2)25-20(28)14-27-19-11-7-6-10-18(19)21-22(27)23(29)26(15-24-21)13-12-17-8-4-3-5-9-17/h3-11,15-16H,12-14H2,1-2H3,(H,25,28). The van der Waals surface area contributed by atoms with E-state index in [4.69, 9.17) is 0 Å². The summed E-state index contributed by atoms with van der Waals surface area (Å²) in [4.78, 5) is 30.3. The number of amides is 1. The van der Waals surface area contributed by atoms with Gasteiger partial charge in [0.15, 0.2) is 0 Å². The molecule has 0 bridgehead atoms. The third-order valence-electron chi connectivity index (χ3n) is 4.97. The molecular weight excluding hydrogens is 364 g/mol. The van der Waals surface area contributed by atoms with E-state index in [1.165, 1.54) is 0 Å². The van der Waals surface area contributed by atoms with Crippen LogP contribution < -0.4 is 10.9 Å². The molecule has 0 fully saturated rings. The maximum atomic E-state index is 13.3. The molecule has 4 aromatic rings. The Labute approximate surface area is 168 Å². The number of nitrogens with zero attached hydrogens (tertiary/aromatic N) is 3. The van der Waals surface area contributed by atoms with Gasteiger partial charge in [-0.3, -0.25) is 14.2 Å². The Morgan fingerprint density at radius 3 is 2.55 bits per heavy atom. The summed E-state index contributed by atoms with van der Waals surface area (Å²) in [6.45, 7) is 4.46. The Balaban J connectivity index is 1.78. The van der Waals surface area contributed by atoms with E-state index in [1.807, 2.05) is 68.4 Å². The first kappa shape index (κ1) is 18.9. The maximum Gasteiger partial charge on any atom is 0.277 e. The summed E-state index contributed by atoms with van der Waals surface area (Å²) in [6, 6.07) is 17.8. The summed E-state index contributed by atoms with van der Waals surface area (Å²) in [5, 5.41) is 3.78. The Morgan fingerprint density at radius 2 is 1.79 bits per heavy atom. The minimum atomic E-state index is -0.125. The lowest BCUT2D eigenvalue weighted by Gasteiger charge is -2.11. The van der Waals surface area contributed by atoms with Gasteiger partial charge in [0, 0.05) is 18.0 Å². The van der Waals surface area contributed by atoms with Crippen molar-refractivity contribution in [2.45, 2.75) is 39.4 Å². The second-order valence-corrected chi connectivity index (χ2v) is 7.50. The first-order valence-electron chi connectivity index (χ1n) is 9.84. The number of para-hydroxylation sites is 1. The molecule has 0 spiro atoms. The van der Waals surface area contributed by atoms with Crippen LogP contribution in [0.2, 0.25) is 0 Å². The van der Waals surface area contributed by atoms with Crippen LogP contribution in [0, 0.1) is 0 Å². The fourth-order valence-electron chi connectivity index (χ4n) is 3.68. The molecule has 2 heterocycles. The molecule has 6 nitrogen and oxygen atoms in total. The summed E-state index contributed by atoms with van der Waals surface area (Å²) in [7, 11) is 0. The van der Waals surface area contributed by atoms with Gasteiger partial charge in [-0.25, -0.2) is 4.98 Å². The lowest BCUT2D eigenvalue weighted by molar-refractivity contribution is -0.122. The van der Waals surface area contributed by atoms with Crippen LogP contribution in [0.1, 0.15) is 19.4 Å². The molecule has 148 valence electrons. The predicted molar refractivity (Wildman–Crippen MR) is 115 cm³/mol. The van der Waals surface area contributed by atoms with Gasteiger partial charge in [-0.05, 0) is 31.9 Å². The minimum absolute atomic E-state index is 0.0382. The Kier molecular flexibility index (Phi) is 5.16. The van der Waals surface area contributed by atoms with Crippen LogP contribution >= 0.6 is 0 Å². The number of hydrogen-bond donors (Lipinski definition) is 1. The van der Waals surface area contributed by atoms with E-state index in [1.54, 1.807) is 15.5 Å². The van der Waals surface area contributed by atoms with Crippen molar-refractivity contribution in [2.75, 3.05) is 0 Å². The van der Waals surface area contributed by atoms with Crippen LogP contribution in [0.4, 0.5) is 0 Å². The summed E-state index contributed by atoms with van der Waals surface area (Å²) in [6.07, 6.45) is 2.35. The third-order valence-corrected chi connectivity index (χ3v) is 4.97. The van der Waals surface area contributed by atoms with Crippen molar-refractivity contribution in [3.8, 4) is 0 Å². The Bertz CT molecular complexity index is 1220. The molecule has 0 aliphatic carbocycles. The molecule has 0 saturated heterocycles. The van der Waals surface area contributed by atoms with Gasteiger partial charge in [0.1, 0.15) is 17.6 Å². The van der Waals surface area contributed by atoms with Gasteiger partial charge < -0.3 is 9.88 Å². The minimum Gasteiger partial charge on any atom is -0.352 e. The van der Waals surface area contributed by atoms with Crippen molar-refractivity contribution in [1.82, 2.24) is 19.4 Å². The first-order chi connectivity index (χ1) is 14.0. The van der Waals surface area contributed by atoms with Crippen molar-refractivity contribution < 1.29 is 4.79 Å². The lowest BCUT2D eigenvalue weighted by atomic mass is 10.1. The van der Waals surface area contributed by atoms with Gasteiger partial charge >= 0.3 is 0 Å². The lowest BCUT2D eigenvalue weighted by Crippen LogP contribution is -2.34. The molecule has 6 heteroatoms. The van der Waals surface area contributed by atoms with Gasteiger partial charge in [0.05, 0.1) is 11.8 Å². The number of benzene rings is 2. The van der Waals surface area contributed by atoms with Gasteiger partial charge in [-0.2, -0.15) is 0 Å². The largest absolute Gasteiger partial charge is 0.352 e. The van der Waals surface area contributed by atoms with Gasteiger partial charge in [0.25, 0.3) is 5.56 Å². The second kappa shape index (κ2) is 7.91. The van der Waals surface area contributed by atoms with E-state index in [-0.39, 0.29) is 24.1 Å². The molecule has 2 aromatic carbocycles. The van der Waals surface area contributed by atoms with Crippen LogP contribution in [0.5, 0.6) is 0 Å². The number of nitrogens with one attached hydrogen (secondary N) is 1. The zero-order valence-corrected chi connectivity index (χ0v) is 16.6. The third kappa shape index (κ3) is 3.78. The van der Waals surface area contributed by atoms with Crippen LogP contribution in [-0.4, -0.2) is 26.1 Å². The fourth-order valence-corrected chi connectivity index (χ4v) is 3.68. The van der Waals surface area contributed by atoms with Crippen LogP contribution in [0.15, 0.2) is 65.7 Å². The summed E-state index contributed by atoms with van der Waals surface area (Å²) in [5.74, 6) is -0.123. The quantitative estimate of drug-likeness (QED) is 0.552. The normalized spacial score (nSPS) is 11.4. The molecule has 1 N–H and O–H groups in total. The molecule has 0 aliphatic rings. The number of rotatable bonds is 6. The number of aromatic nitrogens is 3. The molecule has 0 aliphatic heterocycles. The molecule has 1 amide bonds. The van der Waals surface area contributed by atoms with Gasteiger partial charge in [0.2, 0.25) is 5.91 Å². The maximum absolute atomic E-state index is 13.3. The second-order valence-electron chi connectivity index (χ2n) is 7.50. The van der Waals surface area contributed by atoms with E-state index in [0.717, 1.165) is 22.9 Å².